The molecule has 5 heteroatoms. The Labute approximate surface area is 127 Å². The van der Waals surface area contributed by atoms with Crippen molar-refractivity contribution in [3.8, 4) is 5.75 Å². The predicted molar refractivity (Wildman–Crippen MR) is 82.0 cm³/mol. The van der Waals surface area contributed by atoms with Gasteiger partial charge in [-0.15, -0.1) is 0 Å². The van der Waals surface area contributed by atoms with Gasteiger partial charge in [-0.2, -0.15) is 0 Å². The summed E-state index contributed by atoms with van der Waals surface area (Å²) in [5.41, 5.74) is 7.91. The molecule has 0 saturated heterocycles. The molecule has 2 rings (SSSR count). The van der Waals surface area contributed by atoms with E-state index in [2.05, 4.69) is 0 Å². The fourth-order valence-corrected chi connectivity index (χ4v) is 2.35. The van der Waals surface area contributed by atoms with Crippen LogP contribution in [0.5, 0.6) is 5.75 Å². The Bertz CT molecular complexity index is 684. The topological polar surface area (TPSA) is 52.3 Å². The SMILES string of the molecule is COc1cc(Cl)c(C(=O)c2cc(C)ccc2N)cc1Cl. The largest absolute Gasteiger partial charge is 0.495 e. The van der Waals surface area contributed by atoms with Crippen LogP contribution in [0, 0.1) is 6.92 Å². The van der Waals surface area contributed by atoms with E-state index in [1.807, 2.05) is 13.0 Å². The number of ketones is 1. The maximum absolute atomic E-state index is 12.5. The van der Waals surface area contributed by atoms with Crippen molar-refractivity contribution in [3.05, 3.63) is 57.1 Å². The number of rotatable bonds is 3. The van der Waals surface area contributed by atoms with E-state index in [1.54, 1.807) is 12.1 Å². The molecule has 0 unspecified atom stereocenters. The van der Waals surface area contributed by atoms with Crippen molar-refractivity contribution in [2.75, 3.05) is 12.8 Å². The van der Waals surface area contributed by atoms with Gasteiger partial charge in [-0.25, -0.2) is 0 Å². The van der Waals surface area contributed by atoms with Crippen LogP contribution >= 0.6 is 23.2 Å². The summed E-state index contributed by atoms with van der Waals surface area (Å²) >= 11 is 12.2. The lowest BCUT2D eigenvalue weighted by molar-refractivity contribution is 0.103. The van der Waals surface area contributed by atoms with E-state index < -0.39 is 0 Å². The summed E-state index contributed by atoms with van der Waals surface area (Å²) in [5.74, 6) is 0.159. The highest BCUT2D eigenvalue weighted by Crippen LogP contribution is 2.32. The zero-order valence-corrected chi connectivity index (χ0v) is 12.5. The van der Waals surface area contributed by atoms with E-state index in [9.17, 15) is 4.79 Å². The molecular weight excluding hydrogens is 297 g/mol. The van der Waals surface area contributed by atoms with Crippen LogP contribution in [0.4, 0.5) is 5.69 Å². The van der Waals surface area contributed by atoms with E-state index in [-0.39, 0.29) is 10.8 Å². The van der Waals surface area contributed by atoms with E-state index in [0.29, 0.717) is 27.6 Å². The van der Waals surface area contributed by atoms with Crippen molar-refractivity contribution in [1.29, 1.82) is 0 Å². The summed E-state index contributed by atoms with van der Waals surface area (Å²) in [5, 5.41) is 0.601. The Kier molecular flexibility index (Phi) is 4.21. The van der Waals surface area contributed by atoms with Crippen LogP contribution in [-0.2, 0) is 0 Å². The van der Waals surface area contributed by atoms with E-state index in [4.69, 9.17) is 33.7 Å². The molecule has 104 valence electrons. The number of nitrogen functional groups attached to an aromatic ring is 1. The Morgan fingerprint density at radius 2 is 1.80 bits per heavy atom. The predicted octanol–water partition coefficient (Wildman–Crippen LogP) is 4.12. The minimum Gasteiger partial charge on any atom is -0.495 e. The number of hydrogen-bond acceptors (Lipinski definition) is 3. The molecule has 0 heterocycles. The molecule has 0 amide bonds. The zero-order valence-electron chi connectivity index (χ0n) is 11.0. The minimum absolute atomic E-state index is 0.263. The van der Waals surface area contributed by atoms with Crippen LogP contribution in [0.3, 0.4) is 0 Å². The first-order valence-corrected chi connectivity index (χ1v) is 6.63. The number of benzene rings is 2. The number of methoxy groups -OCH3 is 1. The minimum atomic E-state index is -0.263. The molecule has 2 aromatic rings. The number of halogens is 2. The summed E-state index contributed by atoms with van der Waals surface area (Å²) in [4.78, 5) is 12.5. The van der Waals surface area contributed by atoms with Crippen molar-refractivity contribution in [2.45, 2.75) is 6.92 Å². The van der Waals surface area contributed by atoms with Crippen LogP contribution in [0.2, 0.25) is 10.0 Å². The van der Waals surface area contributed by atoms with Crippen LogP contribution in [0.15, 0.2) is 30.3 Å². The van der Waals surface area contributed by atoms with Gasteiger partial charge in [0.1, 0.15) is 5.75 Å². The highest BCUT2D eigenvalue weighted by Gasteiger charge is 2.18. The highest BCUT2D eigenvalue weighted by atomic mass is 35.5. The smallest absolute Gasteiger partial charge is 0.196 e. The number of carbonyl (C=O) groups is 1. The fraction of sp³-hybridized carbons (Fsp3) is 0.133. The van der Waals surface area contributed by atoms with Gasteiger partial charge in [0.2, 0.25) is 0 Å². The average molecular weight is 310 g/mol. The third kappa shape index (κ3) is 2.74. The third-order valence-electron chi connectivity index (χ3n) is 2.94. The van der Waals surface area contributed by atoms with Gasteiger partial charge in [0, 0.05) is 22.9 Å². The second-order valence-corrected chi connectivity index (χ2v) is 5.20. The molecule has 0 aliphatic heterocycles. The van der Waals surface area contributed by atoms with E-state index in [0.717, 1.165) is 5.56 Å². The second-order valence-electron chi connectivity index (χ2n) is 4.39. The molecule has 0 aliphatic carbocycles. The molecule has 3 nitrogen and oxygen atoms in total. The quantitative estimate of drug-likeness (QED) is 0.685. The molecule has 0 fully saturated rings. The van der Waals surface area contributed by atoms with Crippen molar-refractivity contribution in [2.24, 2.45) is 0 Å². The van der Waals surface area contributed by atoms with Gasteiger partial charge in [-0.1, -0.05) is 34.8 Å². The number of anilines is 1. The third-order valence-corrected chi connectivity index (χ3v) is 3.55. The van der Waals surface area contributed by atoms with Crippen LogP contribution in [-0.4, -0.2) is 12.9 Å². The molecule has 0 aromatic heterocycles. The standard InChI is InChI=1S/C15H13Cl2NO2/c1-8-3-4-13(18)10(5-8)15(19)9-6-12(17)14(20-2)7-11(9)16/h3-7H,18H2,1-2H3. The molecule has 0 atom stereocenters. The van der Waals surface area contributed by atoms with Gasteiger partial charge in [0.15, 0.2) is 5.78 Å². The van der Waals surface area contributed by atoms with Crippen molar-refractivity contribution in [3.63, 3.8) is 0 Å². The van der Waals surface area contributed by atoms with Gasteiger partial charge in [0.25, 0.3) is 0 Å². The van der Waals surface area contributed by atoms with Gasteiger partial charge in [-0.3, -0.25) is 4.79 Å². The summed E-state index contributed by atoms with van der Waals surface area (Å²) in [7, 11) is 1.48. The maximum Gasteiger partial charge on any atom is 0.196 e. The maximum atomic E-state index is 12.5. The lowest BCUT2D eigenvalue weighted by Gasteiger charge is -2.10. The summed E-state index contributed by atoms with van der Waals surface area (Å²) in [6.45, 7) is 1.89. The molecule has 0 saturated carbocycles. The molecule has 20 heavy (non-hydrogen) atoms. The summed E-state index contributed by atoms with van der Waals surface area (Å²) < 4.78 is 5.06. The number of nitrogens with two attached hydrogens (primary N) is 1. The molecular formula is C15H13Cl2NO2. The number of aryl methyl sites for hydroxylation is 1. The van der Waals surface area contributed by atoms with Gasteiger partial charge in [0.05, 0.1) is 17.2 Å². The van der Waals surface area contributed by atoms with Crippen molar-refractivity contribution < 1.29 is 9.53 Å². The van der Waals surface area contributed by atoms with E-state index >= 15 is 0 Å². The first-order valence-electron chi connectivity index (χ1n) is 5.88. The van der Waals surface area contributed by atoms with Crippen LogP contribution in [0.25, 0.3) is 0 Å². The molecule has 0 radical (unpaired) electrons. The Hall–Kier alpha value is -1.71. The Morgan fingerprint density at radius 1 is 1.10 bits per heavy atom. The number of carbonyl (C=O) groups excluding carboxylic acids is 1. The van der Waals surface area contributed by atoms with Gasteiger partial charge in [-0.05, 0) is 25.1 Å². The Balaban J connectivity index is 2.54. The van der Waals surface area contributed by atoms with E-state index in [1.165, 1.54) is 19.2 Å². The van der Waals surface area contributed by atoms with Gasteiger partial charge < -0.3 is 10.5 Å². The lowest BCUT2D eigenvalue weighted by Crippen LogP contribution is -2.07. The number of hydrogen-bond donors (Lipinski definition) is 1. The average Bonchev–Trinajstić information content (AvgIpc) is 2.42. The highest BCUT2D eigenvalue weighted by molar-refractivity contribution is 6.37. The molecule has 2 aromatic carbocycles. The monoisotopic (exact) mass is 309 g/mol. The zero-order chi connectivity index (χ0) is 14.9. The normalized spacial score (nSPS) is 10.4. The van der Waals surface area contributed by atoms with Crippen molar-refractivity contribution in [1.82, 2.24) is 0 Å². The van der Waals surface area contributed by atoms with Crippen LogP contribution < -0.4 is 10.5 Å². The molecule has 0 spiro atoms. The van der Waals surface area contributed by atoms with Crippen molar-refractivity contribution >= 4 is 34.7 Å². The number of ether oxygens (including phenoxy) is 1. The van der Waals surface area contributed by atoms with Crippen LogP contribution in [0.1, 0.15) is 21.5 Å². The lowest BCUT2D eigenvalue weighted by atomic mass is 10.00. The fourth-order valence-electron chi connectivity index (χ4n) is 1.87. The summed E-state index contributed by atoms with van der Waals surface area (Å²) in [6.07, 6.45) is 0. The second kappa shape index (κ2) is 5.73. The molecule has 0 aliphatic rings. The summed E-state index contributed by atoms with van der Waals surface area (Å²) in [6, 6.07) is 8.28. The molecule has 0 bridgehead atoms. The van der Waals surface area contributed by atoms with Gasteiger partial charge >= 0.3 is 0 Å². The first-order chi connectivity index (χ1) is 9.43. The Morgan fingerprint density at radius 3 is 2.45 bits per heavy atom. The molecule has 2 N–H and O–H groups in total. The first kappa shape index (κ1) is 14.7.